The minimum Gasteiger partial charge on any atom is -0.256 e. The number of benzene rings is 5. The Balaban J connectivity index is 0.000000138. The summed E-state index contributed by atoms with van der Waals surface area (Å²) >= 11 is 0. The predicted molar refractivity (Wildman–Crippen MR) is 134 cm³/mol. The van der Waals surface area contributed by atoms with Crippen molar-refractivity contribution >= 4 is 54.1 Å². The Labute approximate surface area is 206 Å². The van der Waals surface area contributed by atoms with Crippen molar-refractivity contribution in [3.05, 3.63) is 122 Å². The molecule has 5 aromatic carbocycles. The monoisotopic (exact) mass is 601 g/mol. The third-order valence-electron chi connectivity index (χ3n) is 5.79. The summed E-state index contributed by atoms with van der Waals surface area (Å²) in [7, 11) is 0. The van der Waals surface area contributed by atoms with Gasteiger partial charge in [-0.1, -0.05) is 36.4 Å². The Bertz CT molecular complexity index is 1620. The van der Waals surface area contributed by atoms with Gasteiger partial charge in [0.1, 0.15) is 0 Å². The zero-order chi connectivity index (χ0) is 21.3. The van der Waals surface area contributed by atoms with Gasteiger partial charge in [-0.2, -0.15) is 35.0 Å². The summed E-state index contributed by atoms with van der Waals surface area (Å²) in [6, 6.07) is 39.5. The largest absolute Gasteiger partial charge is 2.00 e. The molecule has 2 nitrogen and oxygen atoms in total. The number of aromatic nitrogens is 2. The first kappa shape index (κ1) is 21.2. The molecule has 0 unspecified atom stereocenters. The van der Waals surface area contributed by atoms with Gasteiger partial charge in [0, 0.05) is 28.6 Å². The van der Waals surface area contributed by atoms with Crippen molar-refractivity contribution in [1.29, 1.82) is 0 Å². The molecular weight excluding hydrogens is 583 g/mol. The van der Waals surface area contributed by atoms with Crippen molar-refractivity contribution in [2.45, 2.75) is 0 Å². The van der Waals surface area contributed by atoms with E-state index in [-0.39, 0.29) is 21.1 Å². The quantitative estimate of drug-likeness (QED) is 0.133. The summed E-state index contributed by atoms with van der Waals surface area (Å²) < 4.78 is 0. The van der Waals surface area contributed by atoms with Gasteiger partial charge in [-0.3, -0.25) is 9.97 Å². The minimum atomic E-state index is 0. The van der Waals surface area contributed by atoms with Crippen LogP contribution in [0.25, 0.3) is 54.1 Å². The van der Waals surface area contributed by atoms with E-state index in [1.54, 1.807) is 0 Å². The number of fused-ring (bicyclic) bond motifs is 8. The Hall–Kier alpha value is -3.61. The van der Waals surface area contributed by atoms with E-state index in [9.17, 15) is 0 Å². The fourth-order valence-electron chi connectivity index (χ4n) is 4.28. The van der Waals surface area contributed by atoms with Crippen LogP contribution in [0, 0.1) is 12.1 Å². The Morgan fingerprint density at radius 1 is 0.455 bits per heavy atom. The van der Waals surface area contributed by atoms with Gasteiger partial charge >= 0.3 is 21.1 Å². The number of pyridine rings is 2. The number of nitrogens with zero attached hydrogens (tertiary/aromatic N) is 2. The van der Waals surface area contributed by atoms with Crippen LogP contribution in [0.3, 0.4) is 0 Å². The van der Waals surface area contributed by atoms with E-state index >= 15 is 0 Å². The molecule has 0 saturated carbocycles. The van der Waals surface area contributed by atoms with E-state index in [2.05, 4.69) is 82.8 Å². The van der Waals surface area contributed by atoms with Crippen LogP contribution < -0.4 is 0 Å². The Kier molecular flexibility index (Phi) is 5.86. The number of hydrogen-bond acceptors (Lipinski definition) is 2. The molecule has 0 atom stereocenters. The van der Waals surface area contributed by atoms with Crippen LogP contribution in [-0.4, -0.2) is 9.97 Å². The molecular formula is C30H18N2Pt. The maximum atomic E-state index is 4.52. The van der Waals surface area contributed by atoms with Crippen molar-refractivity contribution in [2.75, 3.05) is 0 Å². The second kappa shape index (κ2) is 9.09. The zero-order valence-electron chi connectivity index (χ0n) is 17.6. The fourth-order valence-corrected chi connectivity index (χ4v) is 4.28. The molecule has 2 heterocycles. The maximum Gasteiger partial charge on any atom is 2.00 e. The smallest absolute Gasteiger partial charge is 0.256 e. The molecule has 7 aromatic rings. The molecule has 158 valence electrons. The molecule has 0 radical (unpaired) electrons. The van der Waals surface area contributed by atoms with Crippen LogP contribution in [0.15, 0.2) is 109 Å². The molecule has 3 heteroatoms. The second-order valence-electron chi connectivity index (χ2n) is 7.71. The van der Waals surface area contributed by atoms with Gasteiger partial charge < -0.3 is 0 Å². The van der Waals surface area contributed by atoms with Crippen molar-refractivity contribution in [3.8, 4) is 0 Å². The minimum absolute atomic E-state index is 0. The van der Waals surface area contributed by atoms with Gasteiger partial charge in [-0.25, -0.2) is 10.8 Å². The van der Waals surface area contributed by atoms with E-state index < -0.39 is 0 Å². The van der Waals surface area contributed by atoms with E-state index in [4.69, 9.17) is 0 Å². The van der Waals surface area contributed by atoms with Crippen molar-refractivity contribution in [2.24, 2.45) is 0 Å². The molecule has 0 aliphatic carbocycles. The fraction of sp³-hybridized carbons (Fsp3) is 0. The maximum absolute atomic E-state index is 4.52. The summed E-state index contributed by atoms with van der Waals surface area (Å²) in [5.74, 6) is 0. The van der Waals surface area contributed by atoms with Crippen LogP contribution in [0.1, 0.15) is 0 Å². The summed E-state index contributed by atoms with van der Waals surface area (Å²) in [5.41, 5.74) is 2.05. The molecule has 0 aliphatic heterocycles. The van der Waals surface area contributed by atoms with E-state index in [0.29, 0.717) is 0 Å². The van der Waals surface area contributed by atoms with E-state index in [1.165, 1.54) is 16.2 Å². The van der Waals surface area contributed by atoms with Gasteiger partial charge in [0.2, 0.25) is 0 Å². The first-order valence-corrected chi connectivity index (χ1v) is 10.6. The Morgan fingerprint density at radius 3 is 1.39 bits per heavy atom. The summed E-state index contributed by atoms with van der Waals surface area (Å²) in [4.78, 5) is 9.04. The number of hydrogen-bond donors (Lipinski definition) is 0. The van der Waals surface area contributed by atoms with E-state index in [1.807, 2.05) is 48.8 Å². The molecule has 0 aliphatic rings. The third kappa shape index (κ3) is 3.88. The molecule has 0 saturated heterocycles. The molecule has 0 amide bonds. The normalized spacial score (nSPS) is 10.8. The van der Waals surface area contributed by atoms with Crippen LogP contribution in [0.2, 0.25) is 0 Å². The van der Waals surface area contributed by atoms with Gasteiger partial charge in [-0.05, 0) is 17.5 Å². The van der Waals surface area contributed by atoms with Crippen LogP contribution in [0.5, 0.6) is 0 Å². The molecule has 2 aromatic heterocycles. The summed E-state index contributed by atoms with van der Waals surface area (Å²) in [5, 5.41) is 9.41. The van der Waals surface area contributed by atoms with Gasteiger partial charge in [0.05, 0.1) is 11.0 Å². The van der Waals surface area contributed by atoms with Crippen LogP contribution in [0.4, 0.5) is 0 Å². The molecule has 0 spiro atoms. The first-order chi connectivity index (χ1) is 15.9. The number of rotatable bonds is 0. The van der Waals surface area contributed by atoms with Gasteiger partial charge in [-0.15, -0.1) is 36.4 Å². The van der Waals surface area contributed by atoms with Crippen LogP contribution in [-0.2, 0) is 21.1 Å². The second-order valence-corrected chi connectivity index (χ2v) is 7.71. The first-order valence-electron chi connectivity index (χ1n) is 10.6. The van der Waals surface area contributed by atoms with Crippen molar-refractivity contribution < 1.29 is 21.1 Å². The standard InChI is InChI=1S/C16H10N2.C14H8.Pt/c1-3-12-7-5-11-6-8-13-4-2-10-18-16(13)14(11)15(12)17-9-1;1-3-7-13-11(5-1)9-10-12-6-2-4-8-14(12)13;/h1-10H;1-6,9-10H;/q;-2;+2. The van der Waals surface area contributed by atoms with Gasteiger partial charge in [0.25, 0.3) is 0 Å². The Morgan fingerprint density at radius 2 is 0.879 bits per heavy atom. The SMILES string of the molecule is [Pt+2].[c-]1cccc2ccc3ccc[c-]c3c12.c1cnc2c(c1)ccc1ccc3cccnc3c12. The zero-order valence-corrected chi connectivity index (χ0v) is 19.9. The van der Waals surface area contributed by atoms with Crippen molar-refractivity contribution in [1.82, 2.24) is 9.97 Å². The molecule has 7 rings (SSSR count). The van der Waals surface area contributed by atoms with Gasteiger partial charge in [0.15, 0.2) is 0 Å². The topological polar surface area (TPSA) is 25.8 Å². The molecule has 0 fully saturated rings. The van der Waals surface area contributed by atoms with Crippen LogP contribution >= 0.6 is 0 Å². The molecule has 0 bridgehead atoms. The average Bonchev–Trinajstić information content (AvgIpc) is 2.88. The predicted octanol–water partition coefficient (Wildman–Crippen LogP) is 7.53. The third-order valence-corrected chi connectivity index (χ3v) is 5.79. The van der Waals surface area contributed by atoms with Crippen molar-refractivity contribution in [3.63, 3.8) is 0 Å². The molecule has 0 N–H and O–H groups in total. The molecule has 33 heavy (non-hydrogen) atoms. The average molecular weight is 602 g/mol. The van der Waals surface area contributed by atoms with E-state index in [0.717, 1.165) is 38.0 Å². The summed E-state index contributed by atoms with van der Waals surface area (Å²) in [6.07, 6.45) is 3.67. The summed E-state index contributed by atoms with van der Waals surface area (Å²) in [6.45, 7) is 0.